The van der Waals surface area contributed by atoms with Crippen LogP contribution in [0.5, 0.6) is 11.5 Å². The van der Waals surface area contributed by atoms with Crippen molar-refractivity contribution in [2.24, 2.45) is 0 Å². The van der Waals surface area contributed by atoms with Crippen LogP contribution in [0, 0.1) is 32.9 Å². The maximum atomic E-state index is 6.70. The molecule has 0 saturated carbocycles. The van der Waals surface area contributed by atoms with Gasteiger partial charge in [0, 0.05) is 34.5 Å². The first-order valence-corrected chi connectivity index (χ1v) is 18.6. The quantitative estimate of drug-likeness (QED) is 0.0916. The van der Waals surface area contributed by atoms with E-state index in [-0.39, 0.29) is 26.3 Å². The van der Waals surface area contributed by atoms with Gasteiger partial charge < -0.3 is 9.30 Å². The van der Waals surface area contributed by atoms with E-state index in [1.54, 1.807) is 0 Å². The number of para-hydroxylation sites is 1. The Morgan fingerprint density at radius 3 is 2.25 bits per heavy atom. The number of fused-ring (bicyclic) bond motifs is 3. The second-order valence-corrected chi connectivity index (χ2v) is 14.2. The zero-order chi connectivity index (χ0) is 35.6. The molecule has 3 heterocycles. The van der Waals surface area contributed by atoms with E-state index in [1.165, 1.54) is 44.5 Å². The van der Waals surface area contributed by atoms with Crippen molar-refractivity contribution in [1.82, 2.24) is 19.3 Å². The van der Waals surface area contributed by atoms with Crippen molar-refractivity contribution in [2.45, 2.75) is 92.9 Å². The molecular formula is C46H48N4OPd. The fourth-order valence-electron chi connectivity index (χ4n) is 7.34. The van der Waals surface area contributed by atoms with Crippen molar-refractivity contribution < 1.29 is 25.2 Å². The Morgan fingerprint density at radius 2 is 1.50 bits per heavy atom. The van der Waals surface area contributed by atoms with Crippen LogP contribution in [0.15, 0.2) is 85.1 Å². The maximum Gasteiger partial charge on any atom is 2.00 e. The van der Waals surface area contributed by atoms with Crippen molar-refractivity contribution in [2.75, 3.05) is 0 Å². The second kappa shape index (κ2) is 16.0. The Labute approximate surface area is 322 Å². The summed E-state index contributed by atoms with van der Waals surface area (Å²) in [5.41, 5.74) is 12.7. The molecule has 0 saturated heterocycles. The van der Waals surface area contributed by atoms with Gasteiger partial charge in [0.1, 0.15) is 5.82 Å². The summed E-state index contributed by atoms with van der Waals surface area (Å²) in [5.74, 6) is 2.47. The van der Waals surface area contributed by atoms with E-state index < -0.39 is 0 Å². The van der Waals surface area contributed by atoms with Gasteiger partial charge in [0.25, 0.3) is 0 Å². The number of benzene rings is 4. The van der Waals surface area contributed by atoms with Crippen molar-refractivity contribution in [1.29, 1.82) is 0 Å². The number of aromatic nitrogens is 4. The van der Waals surface area contributed by atoms with E-state index in [4.69, 9.17) is 14.8 Å². The van der Waals surface area contributed by atoms with Crippen molar-refractivity contribution >= 4 is 21.8 Å². The van der Waals surface area contributed by atoms with Crippen LogP contribution in [0.2, 0.25) is 0 Å². The second-order valence-electron chi connectivity index (χ2n) is 14.2. The number of nitrogens with zero attached hydrogens (tertiary/aromatic N) is 4. The molecule has 0 radical (unpaired) electrons. The SMILES string of the molecule is CCCCc1ccnc(-n2c3[c-]c(Oc4[c-]c(-n5nc(C)c(-c6c(C)cccc6C)c5CCCC)cc(C(C)C)c4)ccc3c3ccccc32)c1.[Pd+2]. The van der Waals surface area contributed by atoms with E-state index in [0.717, 1.165) is 72.1 Å². The minimum absolute atomic E-state index is 0. The maximum absolute atomic E-state index is 6.70. The van der Waals surface area contributed by atoms with Gasteiger partial charge in [0.15, 0.2) is 0 Å². The minimum Gasteiger partial charge on any atom is -0.509 e. The number of unbranched alkanes of at least 4 members (excludes halogenated alkanes) is 2. The number of aryl methyl sites for hydroxylation is 4. The molecule has 7 aromatic rings. The first kappa shape index (κ1) is 37.3. The van der Waals surface area contributed by atoms with Gasteiger partial charge in [0.05, 0.1) is 5.69 Å². The molecule has 0 fully saturated rings. The predicted molar refractivity (Wildman–Crippen MR) is 211 cm³/mol. The molecule has 0 atom stereocenters. The molecule has 6 heteroatoms. The number of ether oxygens (including phenoxy) is 1. The normalized spacial score (nSPS) is 11.5. The smallest absolute Gasteiger partial charge is 0.509 e. The molecular weight excluding hydrogens is 731 g/mol. The standard InChI is InChI=1S/C46H48N4O.Pd/c1-8-10-17-34-23-24-47-44(25-34)49-41-20-13-12-18-39(41)40-22-21-37(29-43(40)49)51-38-27-35(30(3)4)26-36(28-38)50-42(19-11-9-2)46(33(7)48-50)45-31(5)15-14-16-32(45)6;/h12-16,18,20-27,30H,8-11,17,19H2,1-7H3;/q-2;+2. The number of hydrogen-bond donors (Lipinski definition) is 0. The van der Waals surface area contributed by atoms with Gasteiger partial charge in [-0.15, -0.1) is 41.3 Å². The average molecular weight is 779 g/mol. The molecule has 0 amide bonds. The van der Waals surface area contributed by atoms with Crippen LogP contribution in [-0.4, -0.2) is 19.3 Å². The molecule has 0 aliphatic heterocycles. The topological polar surface area (TPSA) is 44.9 Å². The largest absolute Gasteiger partial charge is 2.00 e. The number of rotatable bonds is 12. The van der Waals surface area contributed by atoms with E-state index in [0.29, 0.717) is 11.5 Å². The molecule has 52 heavy (non-hydrogen) atoms. The van der Waals surface area contributed by atoms with Crippen LogP contribution in [-0.2, 0) is 33.3 Å². The van der Waals surface area contributed by atoms with Gasteiger partial charge in [-0.05, 0) is 104 Å². The van der Waals surface area contributed by atoms with Gasteiger partial charge in [-0.25, -0.2) is 4.98 Å². The fourth-order valence-corrected chi connectivity index (χ4v) is 7.34. The van der Waals surface area contributed by atoms with E-state index in [1.807, 2.05) is 12.3 Å². The monoisotopic (exact) mass is 778 g/mol. The van der Waals surface area contributed by atoms with Crippen molar-refractivity contribution in [3.8, 4) is 34.1 Å². The van der Waals surface area contributed by atoms with Crippen LogP contribution in [0.3, 0.4) is 0 Å². The van der Waals surface area contributed by atoms with Crippen LogP contribution in [0.4, 0.5) is 0 Å². The summed E-state index contributed by atoms with van der Waals surface area (Å²) >= 11 is 0. The summed E-state index contributed by atoms with van der Waals surface area (Å²) in [7, 11) is 0. The molecule has 0 aliphatic carbocycles. The molecule has 4 aromatic carbocycles. The molecule has 7 rings (SSSR count). The molecule has 0 aliphatic rings. The summed E-state index contributed by atoms with van der Waals surface area (Å²) in [5, 5.41) is 7.47. The Balaban J connectivity index is 0.00000464. The Kier molecular flexibility index (Phi) is 11.5. The molecule has 3 aromatic heterocycles. The molecule has 5 nitrogen and oxygen atoms in total. The first-order chi connectivity index (χ1) is 24.8. The Morgan fingerprint density at radius 1 is 0.750 bits per heavy atom. The summed E-state index contributed by atoms with van der Waals surface area (Å²) in [6.07, 6.45) is 8.38. The van der Waals surface area contributed by atoms with Crippen LogP contribution in [0.1, 0.15) is 92.9 Å². The summed E-state index contributed by atoms with van der Waals surface area (Å²) in [6, 6.07) is 35.1. The van der Waals surface area contributed by atoms with Crippen LogP contribution >= 0.6 is 0 Å². The van der Waals surface area contributed by atoms with Crippen molar-refractivity contribution in [3.63, 3.8) is 0 Å². The third-order valence-corrected chi connectivity index (χ3v) is 10.0. The van der Waals surface area contributed by atoms with Crippen LogP contribution < -0.4 is 4.74 Å². The van der Waals surface area contributed by atoms with E-state index in [2.05, 4.69) is 143 Å². The van der Waals surface area contributed by atoms with Gasteiger partial charge in [-0.1, -0.05) is 82.5 Å². The predicted octanol–water partition coefficient (Wildman–Crippen LogP) is 12.2. The summed E-state index contributed by atoms with van der Waals surface area (Å²) in [6.45, 7) is 15.4. The Hall–Kier alpha value is -4.50. The molecule has 0 bridgehead atoms. The van der Waals surface area contributed by atoms with E-state index >= 15 is 0 Å². The first-order valence-electron chi connectivity index (χ1n) is 18.6. The third-order valence-electron chi connectivity index (χ3n) is 10.0. The van der Waals surface area contributed by atoms with E-state index in [9.17, 15) is 0 Å². The van der Waals surface area contributed by atoms with Gasteiger partial charge in [-0.3, -0.25) is 4.68 Å². The number of pyridine rings is 1. The zero-order valence-corrected chi connectivity index (χ0v) is 33.0. The Bertz CT molecular complexity index is 2330. The number of hydrogen-bond acceptors (Lipinski definition) is 3. The zero-order valence-electron chi connectivity index (χ0n) is 31.4. The van der Waals surface area contributed by atoms with Crippen LogP contribution in [0.25, 0.3) is 44.4 Å². The molecule has 0 spiro atoms. The molecule has 0 N–H and O–H groups in total. The van der Waals surface area contributed by atoms with Gasteiger partial charge in [-0.2, -0.15) is 11.2 Å². The minimum atomic E-state index is 0. The summed E-state index contributed by atoms with van der Waals surface area (Å²) < 4.78 is 11.0. The van der Waals surface area contributed by atoms with Gasteiger partial charge >= 0.3 is 20.4 Å². The third kappa shape index (κ3) is 7.25. The summed E-state index contributed by atoms with van der Waals surface area (Å²) in [4.78, 5) is 4.84. The fraction of sp³-hybridized carbons (Fsp3) is 0.304. The van der Waals surface area contributed by atoms with Gasteiger partial charge in [0.2, 0.25) is 0 Å². The molecule has 0 unspecified atom stereocenters. The average Bonchev–Trinajstić information content (AvgIpc) is 3.63. The molecule has 268 valence electrons. The van der Waals surface area contributed by atoms with Crippen molar-refractivity contribution in [3.05, 3.63) is 131 Å².